The third-order valence-electron chi connectivity index (χ3n) is 2.70. The predicted molar refractivity (Wildman–Crippen MR) is 67.2 cm³/mol. The van der Waals surface area contributed by atoms with Gasteiger partial charge in [0, 0.05) is 25.0 Å². The number of hydrogen-bond donors (Lipinski definition) is 2. The normalized spacial score (nSPS) is 10.6. The number of carbonyl (C=O) groups is 1. The van der Waals surface area contributed by atoms with Gasteiger partial charge >= 0.3 is 0 Å². The monoisotopic (exact) mass is 247 g/mol. The van der Waals surface area contributed by atoms with Crippen molar-refractivity contribution in [3.63, 3.8) is 0 Å². The van der Waals surface area contributed by atoms with E-state index in [1.54, 1.807) is 6.20 Å². The molecule has 1 amide bonds. The molecule has 2 aromatic rings. The molecule has 0 saturated heterocycles. The maximum Gasteiger partial charge on any atom is 0.254 e. The SMILES string of the molecule is Cc1cc(C)n(CCCNC(=O)c2cn[nH]c2)n1. The summed E-state index contributed by atoms with van der Waals surface area (Å²) in [6.45, 7) is 5.45. The van der Waals surface area contributed by atoms with E-state index in [1.807, 2.05) is 24.6 Å². The number of nitrogens with zero attached hydrogens (tertiary/aromatic N) is 3. The van der Waals surface area contributed by atoms with Crippen molar-refractivity contribution in [2.45, 2.75) is 26.8 Å². The molecule has 0 aliphatic carbocycles. The quantitative estimate of drug-likeness (QED) is 0.775. The van der Waals surface area contributed by atoms with Crippen LogP contribution >= 0.6 is 0 Å². The molecule has 0 saturated carbocycles. The van der Waals surface area contributed by atoms with Gasteiger partial charge in [-0.3, -0.25) is 14.6 Å². The predicted octanol–water partition coefficient (Wildman–Crippen LogP) is 1.04. The molecule has 0 spiro atoms. The largest absolute Gasteiger partial charge is 0.352 e. The zero-order chi connectivity index (χ0) is 13.0. The van der Waals surface area contributed by atoms with Crippen LogP contribution in [0, 0.1) is 13.8 Å². The number of hydrogen-bond acceptors (Lipinski definition) is 3. The van der Waals surface area contributed by atoms with Crippen LogP contribution in [-0.4, -0.2) is 32.4 Å². The molecule has 2 rings (SSSR count). The van der Waals surface area contributed by atoms with E-state index in [4.69, 9.17) is 0 Å². The van der Waals surface area contributed by atoms with Crippen molar-refractivity contribution in [3.8, 4) is 0 Å². The third-order valence-corrected chi connectivity index (χ3v) is 2.70. The minimum absolute atomic E-state index is 0.0999. The molecule has 0 aliphatic rings. The van der Waals surface area contributed by atoms with Crippen molar-refractivity contribution in [3.05, 3.63) is 35.4 Å². The van der Waals surface area contributed by atoms with Gasteiger partial charge in [0.25, 0.3) is 5.91 Å². The Balaban J connectivity index is 1.73. The van der Waals surface area contributed by atoms with Crippen LogP contribution in [0.4, 0.5) is 0 Å². The molecular formula is C12H17N5O. The molecule has 0 aliphatic heterocycles. The summed E-state index contributed by atoms with van der Waals surface area (Å²) in [6.07, 6.45) is 3.94. The van der Waals surface area contributed by atoms with Crippen LogP contribution in [0.3, 0.4) is 0 Å². The van der Waals surface area contributed by atoms with E-state index < -0.39 is 0 Å². The zero-order valence-corrected chi connectivity index (χ0v) is 10.6. The Hall–Kier alpha value is -2.11. The Morgan fingerprint density at radius 2 is 2.33 bits per heavy atom. The fourth-order valence-electron chi connectivity index (χ4n) is 1.81. The lowest BCUT2D eigenvalue weighted by atomic mass is 10.3. The topological polar surface area (TPSA) is 75.6 Å². The van der Waals surface area contributed by atoms with Crippen molar-refractivity contribution in [1.29, 1.82) is 0 Å². The van der Waals surface area contributed by atoms with Gasteiger partial charge in [-0.15, -0.1) is 0 Å². The molecule has 0 fully saturated rings. The lowest BCUT2D eigenvalue weighted by molar-refractivity contribution is 0.0952. The molecule has 6 heteroatoms. The van der Waals surface area contributed by atoms with Gasteiger partial charge in [0.15, 0.2) is 0 Å². The molecule has 0 atom stereocenters. The minimum atomic E-state index is -0.0999. The summed E-state index contributed by atoms with van der Waals surface area (Å²) in [5.41, 5.74) is 2.73. The minimum Gasteiger partial charge on any atom is -0.352 e. The Morgan fingerprint density at radius 1 is 1.50 bits per heavy atom. The first-order chi connectivity index (χ1) is 8.66. The van der Waals surface area contributed by atoms with Gasteiger partial charge in [0.05, 0.1) is 17.5 Å². The Kier molecular flexibility index (Phi) is 3.76. The van der Waals surface area contributed by atoms with Crippen molar-refractivity contribution < 1.29 is 4.79 Å². The van der Waals surface area contributed by atoms with E-state index in [2.05, 4.69) is 20.6 Å². The number of aryl methyl sites for hydroxylation is 3. The van der Waals surface area contributed by atoms with Gasteiger partial charge in [0.1, 0.15) is 0 Å². The van der Waals surface area contributed by atoms with Crippen LogP contribution in [0.15, 0.2) is 18.5 Å². The lowest BCUT2D eigenvalue weighted by Gasteiger charge is -2.05. The lowest BCUT2D eigenvalue weighted by Crippen LogP contribution is -2.25. The maximum absolute atomic E-state index is 11.6. The molecule has 18 heavy (non-hydrogen) atoms. The molecule has 0 bridgehead atoms. The molecule has 2 heterocycles. The van der Waals surface area contributed by atoms with Gasteiger partial charge < -0.3 is 5.32 Å². The molecule has 2 N–H and O–H groups in total. The maximum atomic E-state index is 11.6. The fourth-order valence-corrected chi connectivity index (χ4v) is 1.81. The van der Waals surface area contributed by atoms with E-state index in [-0.39, 0.29) is 5.91 Å². The molecule has 2 aromatic heterocycles. The molecule has 6 nitrogen and oxygen atoms in total. The number of carbonyl (C=O) groups excluding carboxylic acids is 1. The summed E-state index contributed by atoms with van der Waals surface area (Å²) in [7, 11) is 0. The van der Waals surface area contributed by atoms with Gasteiger partial charge in [0.2, 0.25) is 0 Å². The summed E-state index contributed by atoms with van der Waals surface area (Å²) in [5.74, 6) is -0.0999. The highest BCUT2D eigenvalue weighted by atomic mass is 16.1. The summed E-state index contributed by atoms with van der Waals surface area (Å²) in [4.78, 5) is 11.6. The van der Waals surface area contributed by atoms with Crippen LogP contribution in [0.25, 0.3) is 0 Å². The van der Waals surface area contributed by atoms with Crippen molar-refractivity contribution >= 4 is 5.91 Å². The molecule has 96 valence electrons. The van der Waals surface area contributed by atoms with E-state index >= 15 is 0 Å². The van der Waals surface area contributed by atoms with Crippen LogP contribution < -0.4 is 5.32 Å². The number of amides is 1. The van der Waals surface area contributed by atoms with E-state index in [0.29, 0.717) is 12.1 Å². The van der Waals surface area contributed by atoms with Crippen LogP contribution in [0.5, 0.6) is 0 Å². The summed E-state index contributed by atoms with van der Waals surface area (Å²) >= 11 is 0. The number of rotatable bonds is 5. The fraction of sp³-hybridized carbons (Fsp3) is 0.417. The smallest absolute Gasteiger partial charge is 0.254 e. The summed E-state index contributed by atoms with van der Waals surface area (Å²) in [6, 6.07) is 2.05. The Bertz CT molecular complexity index is 515. The van der Waals surface area contributed by atoms with E-state index in [1.165, 1.54) is 6.20 Å². The number of aromatic nitrogens is 4. The highest BCUT2D eigenvalue weighted by molar-refractivity contribution is 5.93. The highest BCUT2D eigenvalue weighted by Crippen LogP contribution is 2.02. The number of H-pyrrole nitrogens is 1. The third kappa shape index (κ3) is 2.97. The summed E-state index contributed by atoms with van der Waals surface area (Å²) in [5, 5.41) is 13.6. The average molecular weight is 247 g/mol. The molecule has 0 radical (unpaired) electrons. The average Bonchev–Trinajstić information content (AvgIpc) is 2.94. The van der Waals surface area contributed by atoms with Crippen molar-refractivity contribution in [1.82, 2.24) is 25.3 Å². The second kappa shape index (κ2) is 5.48. The number of aromatic amines is 1. The van der Waals surface area contributed by atoms with E-state index in [9.17, 15) is 4.79 Å². The highest BCUT2D eigenvalue weighted by Gasteiger charge is 2.05. The van der Waals surface area contributed by atoms with Gasteiger partial charge in [-0.05, 0) is 26.3 Å². The Labute approximate surface area is 105 Å². The van der Waals surface area contributed by atoms with E-state index in [0.717, 1.165) is 24.4 Å². The second-order valence-electron chi connectivity index (χ2n) is 4.25. The van der Waals surface area contributed by atoms with Crippen molar-refractivity contribution in [2.24, 2.45) is 0 Å². The molecule has 0 unspecified atom stereocenters. The zero-order valence-electron chi connectivity index (χ0n) is 10.6. The summed E-state index contributed by atoms with van der Waals surface area (Å²) < 4.78 is 1.96. The van der Waals surface area contributed by atoms with Gasteiger partial charge in [-0.25, -0.2) is 0 Å². The Morgan fingerprint density at radius 3 is 2.94 bits per heavy atom. The molecular weight excluding hydrogens is 230 g/mol. The van der Waals surface area contributed by atoms with Crippen LogP contribution in [0.2, 0.25) is 0 Å². The molecule has 0 aromatic carbocycles. The van der Waals surface area contributed by atoms with Gasteiger partial charge in [-0.2, -0.15) is 10.2 Å². The van der Waals surface area contributed by atoms with Crippen molar-refractivity contribution in [2.75, 3.05) is 6.54 Å². The van der Waals surface area contributed by atoms with Crippen LogP contribution in [0.1, 0.15) is 28.2 Å². The first-order valence-electron chi connectivity index (χ1n) is 5.95. The number of nitrogens with one attached hydrogen (secondary N) is 2. The van der Waals surface area contributed by atoms with Crippen LogP contribution in [-0.2, 0) is 6.54 Å². The standard InChI is InChI=1S/C12H17N5O/c1-9-6-10(2)17(16-9)5-3-4-13-12(18)11-7-14-15-8-11/h6-8H,3-5H2,1-2H3,(H,13,18)(H,14,15). The second-order valence-corrected chi connectivity index (χ2v) is 4.25. The first kappa shape index (κ1) is 12.3. The van der Waals surface area contributed by atoms with Gasteiger partial charge in [-0.1, -0.05) is 0 Å². The first-order valence-corrected chi connectivity index (χ1v) is 5.95.